The molecule has 3 aromatic rings. The van der Waals surface area contributed by atoms with E-state index < -0.39 is 4.92 Å². The lowest BCUT2D eigenvalue weighted by Gasteiger charge is -2.34. The number of carbonyl (C=O) groups excluding carboxylic acids is 1. The van der Waals surface area contributed by atoms with Crippen LogP contribution in [0.1, 0.15) is 38.8 Å². The van der Waals surface area contributed by atoms with Crippen LogP contribution in [-0.4, -0.2) is 61.7 Å². The Kier molecular flexibility index (Phi) is 6.92. The zero-order valence-corrected chi connectivity index (χ0v) is 20.6. The van der Waals surface area contributed by atoms with Gasteiger partial charge in [-0.1, -0.05) is 34.4 Å². The number of halogens is 2. The van der Waals surface area contributed by atoms with Crippen molar-refractivity contribution in [3.63, 3.8) is 0 Å². The lowest BCUT2D eigenvalue weighted by atomic mass is 10.1. The Morgan fingerprint density at radius 3 is 2.44 bits per heavy atom. The summed E-state index contributed by atoms with van der Waals surface area (Å²) in [7, 11) is 0. The largest absolute Gasteiger partial charge is 0.361 e. The second-order valence-electron chi connectivity index (χ2n) is 8.32. The predicted molar refractivity (Wildman–Crippen MR) is 126 cm³/mol. The molecule has 1 aliphatic heterocycles. The van der Waals surface area contributed by atoms with Crippen LogP contribution in [0, 0.1) is 30.9 Å². The predicted octanol–water partition coefficient (Wildman–Crippen LogP) is 4.02. The number of amides is 1. The Morgan fingerprint density at radius 1 is 1.12 bits per heavy atom. The highest BCUT2D eigenvalue weighted by atomic mass is 35.5. The van der Waals surface area contributed by atoms with Crippen LogP contribution in [0.2, 0.25) is 10.0 Å². The zero-order chi connectivity index (χ0) is 24.6. The smallest absolute Gasteiger partial charge is 0.312 e. The molecule has 0 bridgehead atoms. The Bertz CT molecular complexity index is 1250. The molecule has 0 aliphatic carbocycles. The number of piperazine rings is 1. The molecule has 2 aromatic heterocycles. The number of benzene rings is 1. The number of aromatic nitrogens is 3. The third-order valence-corrected chi connectivity index (χ3v) is 6.81. The highest BCUT2D eigenvalue weighted by Crippen LogP contribution is 2.26. The lowest BCUT2D eigenvalue weighted by Crippen LogP contribution is -2.48. The van der Waals surface area contributed by atoms with Crippen LogP contribution in [0.3, 0.4) is 0 Å². The van der Waals surface area contributed by atoms with Crippen molar-refractivity contribution in [3.8, 4) is 0 Å². The second kappa shape index (κ2) is 9.73. The summed E-state index contributed by atoms with van der Waals surface area (Å²) in [5.74, 6) is 0.258. The topological polar surface area (TPSA) is 111 Å². The van der Waals surface area contributed by atoms with Crippen molar-refractivity contribution in [2.45, 2.75) is 33.9 Å². The molecule has 34 heavy (non-hydrogen) atoms. The number of carbonyl (C=O) groups is 1. The fourth-order valence-electron chi connectivity index (χ4n) is 4.16. The van der Waals surface area contributed by atoms with E-state index in [0.29, 0.717) is 65.5 Å². The van der Waals surface area contributed by atoms with Gasteiger partial charge in [0.1, 0.15) is 17.1 Å². The molecule has 0 saturated carbocycles. The molecule has 1 fully saturated rings. The maximum atomic E-state index is 13.3. The highest BCUT2D eigenvalue weighted by molar-refractivity contribution is 6.42. The summed E-state index contributed by atoms with van der Waals surface area (Å²) in [6.07, 6.45) is 0. The molecular formula is C22H24Cl2N6O4. The van der Waals surface area contributed by atoms with Gasteiger partial charge in [-0.3, -0.25) is 24.5 Å². The number of hydrogen-bond donors (Lipinski definition) is 0. The number of nitro groups is 1. The zero-order valence-electron chi connectivity index (χ0n) is 19.0. The molecule has 0 spiro atoms. The number of rotatable bonds is 6. The van der Waals surface area contributed by atoms with Crippen molar-refractivity contribution in [2.75, 3.05) is 26.2 Å². The third-order valence-electron chi connectivity index (χ3n) is 6.07. The van der Waals surface area contributed by atoms with E-state index in [2.05, 4.69) is 15.2 Å². The molecule has 1 saturated heterocycles. The van der Waals surface area contributed by atoms with Crippen LogP contribution in [0.4, 0.5) is 5.69 Å². The van der Waals surface area contributed by atoms with Gasteiger partial charge in [0, 0.05) is 38.3 Å². The van der Waals surface area contributed by atoms with Crippen LogP contribution in [0.5, 0.6) is 0 Å². The lowest BCUT2D eigenvalue weighted by molar-refractivity contribution is -0.386. The molecule has 3 heterocycles. The normalized spacial score (nSPS) is 14.6. The van der Waals surface area contributed by atoms with E-state index in [1.54, 1.807) is 31.7 Å². The number of nitrogens with zero attached hydrogens (tertiary/aromatic N) is 6. The average molecular weight is 507 g/mol. The van der Waals surface area contributed by atoms with E-state index >= 15 is 0 Å². The Labute approximate surface area is 206 Å². The van der Waals surface area contributed by atoms with Crippen molar-refractivity contribution >= 4 is 34.8 Å². The summed E-state index contributed by atoms with van der Waals surface area (Å²) in [5.41, 5.74) is 2.55. The minimum Gasteiger partial charge on any atom is -0.361 e. The van der Waals surface area contributed by atoms with Crippen LogP contribution >= 0.6 is 23.2 Å². The second-order valence-corrected chi connectivity index (χ2v) is 9.13. The summed E-state index contributed by atoms with van der Waals surface area (Å²) >= 11 is 12.1. The van der Waals surface area contributed by atoms with Gasteiger partial charge < -0.3 is 9.42 Å². The van der Waals surface area contributed by atoms with E-state index in [1.165, 1.54) is 4.68 Å². The van der Waals surface area contributed by atoms with E-state index in [-0.39, 0.29) is 23.8 Å². The Morgan fingerprint density at radius 2 is 1.82 bits per heavy atom. The quantitative estimate of drug-likeness (QED) is 0.366. The molecular weight excluding hydrogens is 483 g/mol. The molecule has 1 aromatic carbocycles. The molecule has 10 nitrogen and oxygen atoms in total. The third kappa shape index (κ3) is 4.79. The van der Waals surface area contributed by atoms with Crippen molar-refractivity contribution < 1.29 is 14.2 Å². The molecule has 1 amide bonds. The van der Waals surface area contributed by atoms with Gasteiger partial charge in [0.25, 0.3) is 5.91 Å². The van der Waals surface area contributed by atoms with Gasteiger partial charge in [0.05, 0.1) is 21.5 Å². The van der Waals surface area contributed by atoms with E-state index in [9.17, 15) is 14.9 Å². The minimum absolute atomic E-state index is 0.0277. The molecule has 0 unspecified atom stereocenters. The molecule has 1 aliphatic rings. The summed E-state index contributed by atoms with van der Waals surface area (Å²) in [4.78, 5) is 28.1. The molecule has 0 atom stereocenters. The minimum atomic E-state index is -0.446. The standard InChI is InChI=1S/C22H24Cl2N6O4/c1-13-21(30(32)33)14(2)29(25-13)12-17-15(3)34-26-20(17)22(31)28-8-6-27(7-9-28)11-16-4-5-18(23)19(24)10-16/h4-5,10H,6-9,11-12H2,1-3H3. The van der Waals surface area contributed by atoms with Crippen LogP contribution in [0.25, 0.3) is 0 Å². The molecule has 0 N–H and O–H groups in total. The fourth-order valence-corrected chi connectivity index (χ4v) is 4.48. The average Bonchev–Trinajstić information content (AvgIpc) is 3.29. The number of hydrogen-bond acceptors (Lipinski definition) is 7. The van der Waals surface area contributed by atoms with E-state index in [1.807, 2.05) is 12.1 Å². The Hall–Kier alpha value is -2.95. The first-order valence-electron chi connectivity index (χ1n) is 10.7. The maximum absolute atomic E-state index is 13.3. The van der Waals surface area contributed by atoms with Crippen LogP contribution in [-0.2, 0) is 13.1 Å². The van der Waals surface area contributed by atoms with Crippen LogP contribution in [0.15, 0.2) is 22.7 Å². The molecule has 4 rings (SSSR count). The van der Waals surface area contributed by atoms with Gasteiger partial charge in [0.15, 0.2) is 5.69 Å². The van der Waals surface area contributed by atoms with Gasteiger partial charge in [-0.05, 0) is 38.5 Å². The molecule has 180 valence electrons. The first-order chi connectivity index (χ1) is 16.2. The van der Waals surface area contributed by atoms with Crippen molar-refractivity contribution in [3.05, 3.63) is 72.3 Å². The number of aryl methyl sites for hydroxylation is 2. The van der Waals surface area contributed by atoms with E-state index in [0.717, 1.165) is 5.56 Å². The SMILES string of the molecule is Cc1nn(Cc2c(C(=O)N3CCN(Cc4ccc(Cl)c(Cl)c4)CC3)noc2C)c(C)c1[N+](=O)[O-]. The van der Waals surface area contributed by atoms with Gasteiger partial charge >= 0.3 is 5.69 Å². The monoisotopic (exact) mass is 506 g/mol. The van der Waals surface area contributed by atoms with Gasteiger partial charge in [0.2, 0.25) is 0 Å². The first kappa shape index (κ1) is 24.2. The summed E-state index contributed by atoms with van der Waals surface area (Å²) in [5, 5.41) is 20.7. The molecule has 12 heteroatoms. The summed E-state index contributed by atoms with van der Waals surface area (Å²) in [6, 6.07) is 5.58. The van der Waals surface area contributed by atoms with Gasteiger partial charge in [-0.25, -0.2) is 0 Å². The maximum Gasteiger partial charge on any atom is 0.312 e. The Balaban J connectivity index is 1.44. The van der Waals surface area contributed by atoms with Crippen molar-refractivity contribution in [1.82, 2.24) is 24.7 Å². The van der Waals surface area contributed by atoms with E-state index in [4.69, 9.17) is 27.7 Å². The van der Waals surface area contributed by atoms with Crippen LogP contribution < -0.4 is 0 Å². The molecule has 0 radical (unpaired) electrons. The first-order valence-corrected chi connectivity index (χ1v) is 11.5. The fraction of sp³-hybridized carbons (Fsp3) is 0.409. The van der Waals surface area contributed by atoms with Gasteiger partial charge in [-0.15, -0.1) is 0 Å². The van der Waals surface area contributed by atoms with Crippen molar-refractivity contribution in [1.29, 1.82) is 0 Å². The summed E-state index contributed by atoms with van der Waals surface area (Å²) in [6.45, 7) is 8.28. The van der Waals surface area contributed by atoms with Crippen molar-refractivity contribution in [2.24, 2.45) is 0 Å². The summed E-state index contributed by atoms with van der Waals surface area (Å²) < 4.78 is 6.83. The van der Waals surface area contributed by atoms with Gasteiger partial charge in [-0.2, -0.15) is 5.10 Å². The highest BCUT2D eigenvalue weighted by Gasteiger charge is 2.29.